The molecular weight excluding hydrogens is 586 g/mol. The Morgan fingerprint density at radius 2 is 1.43 bits per heavy atom. The van der Waals surface area contributed by atoms with Crippen LogP contribution in [0.1, 0.15) is 35.1 Å². The van der Waals surface area contributed by atoms with Crippen LogP contribution < -0.4 is 18.9 Å². The van der Waals surface area contributed by atoms with Gasteiger partial charge in [-0.3, -0.25) is 14.4 Å². The van der Waals surface area contributed by atoms with E-state index in [4.69, 9.17) is 18.9 Å². The number of rotatable bonds is 12. The number of hydrogen-bond donors (Lipinski definition) is 0. The second kappa shape index (κ2) is 14.0. The van der Waals surface area contributed by atoms with Crippen molar-refractivity contribution in [3.05, 3.63) is 83.6 Å². The van der Waals surface area contributed by atoms with Gasteiger partial charge in [0.25, 0.3) is 5.91 Å². The van der Waals surface area contributed by atoms with Gasteiger partial charge in [0.05, 0.1) is 34.9 Å². The van der Waals surface area contributed by atoms with Gasteiger partial charge in [0.15, 0.2) is 11.8 Å². The van der Waals surface area contributed by atoms with Crippen molar-refractivity contribution in [1.82, 2.24) is 14.4 Å². The number of amides is 2. The van der Waals surface area contributed by atoms with Gasteiger partial charge in [-0.1, -0.05) is 18.2 Å². The Morgan fingerprint density at radius 3 is 2.02 bits per heavy atom. The molecule has 4 aromatic rings. The third-order valence-electron chi connectivity index (χ3n) is 8.69. The summed E-state index contributed by atoms with van der Waals surface area (Å²) >= 11 is 0. The van der Waals surface area contributed by atoms with Gasteiger partial charge in [-0.2, -0.15) is 0 Å². The molecule has 0 saturated carbocycles. The smallest absolute Gasteiger partial charge is 0.252 e. The van der Waals surface area contributed by atoms with Crippen LogP contribution in [0.4, 0.5) is 0 Å². The summed E-state index contributed by atoms with van der Waals surface area (Å²) in [7, 11) is 9.59. The van der Waals surface area contributed by atoms with E-state index < -0.39 is 6.04 Å². The fourth-order valence-electron chi connectivity index (χ4n) is 6.27. The highest BCUT2D eigenvalue weighted by molar-refractivity contribution is 6.05. The van der Waals surface area contributed by atoms with Gasteiger partial charge in [0.2, 0.25) is 5.91 Å². The molecule has 0 N–H and O–H groups in total. The lowest BCUT2D eigenvalue weighted by Crippen LogP contribution is -2.37. The normalized spacial score (nSPS) is 15.0. The average Bonchev–Trinajstić information content (AvgIpc) is 3.70. The van der Waals surface area contributed by atoms with Gasteiger partial charge >= 0.3 is 0 Å². The minimum Gasteiger partial charge on any atom is -0.497 e. The first kappa shape index (κ1) is 32.4. The molecule has 10 nitrogen and oxygen atoms in total. The molecule has 5 rings (SSSR count). The topological polar surface area (TPSA) is 99.5 Å². The van der Waals surface area contributed by atoms with E-state index in [-0.39, 0.29) is 36.4 Å². The van der Waals surface area contributed by atoms with E-state index in [9.17, 15) is 14.4 Å². The summed E-state index contributed by atoms with van der Waals surface area (Å²) in [5.41, 5.74) is 3.20. The zero-order chi connectivity index (χ0) is 33.0. The number of aromatic nitrogens is 1. The Kier molecular flexibility index (Phi) is 9.84. The third-order valence-corrected chi connectivity index (χ3v) is 8.69. The van der Waals surface area contributed by atoms with E-state index in [1.165, 1.54) is 4.90 Å². The van der Waals surface area contributed by atoms with Crippen LogP contribution in [0.3, 0.4) is 0 Å². The van der Waals surface area contributed by atoms with Crippen LogP contribution in [0.25, 0.3) is 10.9 Å². The molecule has 0 aliphatic carbocycles. The number of Topliss-reactive ketones (excluding diaryl/α,β-unsaturated/α-hetero) is 1. The minimum atomic E-state index is -1.09. The Morgan fingerprint density at radius 1 is 0.826 bits per heavy atom. The quantitative estimate of drug-likeness (QED) is 0.211. The largest absolute Gasteiger partial charge is 0.497 e. The molecule has 0 spiro atoms. The highest BCUT2D eigenvalue weighted by Crippen LogP contribution is 2.37. The summed E-state index contributed by atoms with van der Waals surface area (Å²) in [5.74, 6) is 1.88. The number of likely N-dealkylation sites (tertiary alicyclic amines) is 1. The van der Waals surface area contributed by atoms with Crippen molar-refractivity contribution in [3.63, 3.8) is 0 Å². The molecule has 2 heterocycles. The molecule has 0 bridgehead atoms. The lowest BCUT2D eigenvalue weighted by Gasteiger charge is -2.22. The highest BCUT2D eigenvalue weighted by Gasteiger charge is 2.35. The number of ketones is 1. The van der Waals surface area contributed by atoms with Crippen LogP contribution in [0.5, 0.6) is 23.0 Å². The Hall–Kier alpha value is -4.99. The molecule has 1 aliphatic heterocycles. The Labute approximate surface area is 269 Å². The van der Waals surface area contributed by atoms with Crippen LogP contribution in [0.2, 0.25) is 0 Å². The standard InChI is InChI=1S/C36H41N3O7/c1-37(2)36(42)35(31(40)19-24-17-26(43-3)11-13-32(24)45-5)39-22-29(28-9-7-8-10-30(28)39)23-15-16-38(21-23)34(41)20-25-18-27(44-4)12-14-33(25)46-6/h7-14,17-18,22-23,35H,15-16,19-21H2,1-6H3. The number of nitrogens with zero attached hydrogens (tertiary/aromatic N) is 3. The number of methoxy groups -OCH3 is 4. The average molecular weight is 628 g/mol. The van der Waals surface area contributed by atoms with Gasteiger partial charge in [-0.25, -0.2) is 0 Å². The summed E-state index contributed by atoms with van der Waals surface area (Å²) in [6.45, 7) is 1.13. The second-order valence-corrected chi connectivity index (χ2v) is 11.6. The lowest BCUT2D eigenvalue weighted by molar-refractivity contribution is -0.138. The number of fused-ring (bicyclic) bond motifs is 1. The van der Waals surface area contributed by atoms with Crippen molar-refractivity contribution in [2.45, 2.75) is 31.2 Å². The first-order valence-corrected chi connectivity index (χ1v) is 15.2. The van der Waals surface area contributed by atoms with E-state index in [1.807, 2.05) is 41.4 Å². The van der Waals surface area contributed by atoms with Crippen molar-refractivity contribution in [2.24, 2.45) is 0 Å². The molecule has 2 unspecified atom stereocenters. The predicted octanol–water partition coefficient (Wildman–Crippen LogP) is 4.68. The number of para-hydroxylation sites is 1. The molecule has 10 heteroatoms. The fourth-order valence-corrected chi connectivity index (χ4v) is 6.27. The number of ether oxygens (including phenoxy) is 4. The van der Waals surface area contributed by atoms with Gasteiger partial charge in [0, 0.05) is 67.8 Å². The maximum absolute atomic E-state index is 14.1. The number of carbonyl (C=O) groups is 3. The first-order chi connectivity index (χ1) is 22.2. The summed E-state index contributed by atoms with van der Waals surface area (Å²) < 4.78 is 23.5. The Bertz CT molecular complexity index is 1740. The van der Waals surface area contributed by atoms with Crippen molar-refractivity contribution >= 4 is 28.5 Å². The van der Waals surface area contributed by atoms with Crippen LogP contribution in [-0.4, -0.2) is 87.6 Å². The van der Waals surface area contributed by atoms with Crippen molar-refractivity contribution in [1.29, 1.82) is 0 Å². The number of carbonyl (C=O) groups excluding carboxylic acids is 3. The van der Waals surface area contributed by atoms with Crippen molar-refractivity contribution < 1.29 is 33.3 Å². The number of hydrogen-bond acceptors (Lipinski definition) is 7. The SMILES string of the molecule is COc1ccc(OC)c(CC(=O)C(C(=O)N(C)C)n2cc(C3CCN(C(=O)Cc4cc(OC)ccc4OC)C3)c3ccccc32)c1. The molecule has 46 heavy (non-hydrogen) atoms. The fraction of sp³-hybridized carbons (Fsp3) is 0.361. The van der Waals surface area contributed by atoms with E-state index in [1.54, 1.807) is 77.4 Å². The zero-order valence-corrected chi connectivity index (χ0v) is 27.2. The molecule has 1 saturated heterocycles. The summed E-state index contributed by atoms with van der Waals surface area (Å²) in [6.07, 6.45) is 2.86. The molecule has 242 valence electrons. The predicted molar refractivity (Wildman–Crippen MR) is 175 cm³/mol. The third kappa shape index (κ3) is 6.51. The second-order valence-electron chi connectivity index (χ2n) is 11.6. The van der Waals surface area contributed by atoms with E-state index in [0.29, 0.717) is 41.7 Å². The molecule has 2 atom stereocenters. The summed E-state index contributed by atoms with van der Waals surface area (Å²) in [4.78, 5) is 44.6. The van der Waals surface area contributed by atoms with Crippen molar-refractivity contribution in [2.75, 3.05) is 55.6 Å². The first-order valence-electron chi connectivity index (χ1n) is 15.2. The molecule has 2 amide bonds. The summed E-state index contributed by atoms with van der Waals surface area (Å²) in [5, 5.41) is 0.958. The van der Waals surface area contributed by atoms with Crippen LogP contribution in [0.15, 0.2) is 66.9 Å². The van der Waals surface area contributed by atoms with Gasteiger partial charge in [-0.05, 0) is 54.4 Å². The van der Waals surface area contributed by atoms with Crippen LogP contribution >= 0.6 is 0 Å². The molecule has 1 fully saturated rings. The lowest BCUT2D eigenvalue weighted by atomic mass is 9.98. The molecule has 3 aromatic carbocycles. The molecule has 1 aliphatic rings. The zero-order valence-electron chi connectivity index (χ0n) is 27.2. The maximum Gasteiger partial charge on any atom is 0.252 e. The maximum atomic E-state index is 14.1. The van der Waals surface area contributed by atoms with Gasteiger partial charge in [-0.15, -0.1) is 0 Å². The molecular formula is C36H41N3O7. The van der Waals surface area contributed by atoms with E-state index in [2.05, 4.69) is 0 Å². The van der Waals surface area contributed by atoms with Gasteiger partial charge < -0.3 is 33.3 Å². The van der Waals surface area contributed by atoms with E-state index in [0.717, 1.165) is 28.5 Å². The highest BCUT2D eigenvalue weighted by atomic mass is 16.5. The molecule has 1 aromatic heterocycles. The van der Waals surface area contributed by atoms with Gasteiger partial charge in [0.1, 0.15) is 23.0 Å². The summed E-state index contributed by atoms with van der Waals surface area (Å²) in [6, 6.07) is 17.4. The van der Waals surface area contributed by atoms with Crippen LogP contribution in [0, 0.1) is 0 Å². The van der Waals surface area contributed by atoms with E-state index >= 15 is 0 Å². The number of benzene rings is 3. The minimum absolute atomic E-state index is 0.000803. The monoisotopic (exact) mass is 627 g/mol. The molecule has 0 radical (unpaired) electrons. The van der Waals surface area contributed by atoms with Crippen molar-refractivity contribution in [3.8, 4) is 23.0 Å². The van der Waals surface area contributed by atoms with Crippen LogP contribution in [-0.2, 0) is 27.2 Å². The Balaban J connectivity index is 1.45. The number of likely N-dealkylation sites (N-methyl/N-ethyl adjacent to an activating group) is 1.